The number of nitrogens with zero attached hydrogens (tertiary/aromatic N) is 2. The Balaban J connectivity index is 2.64. The first-order valence-electron chi connectivity index (χ1n) is 6.06. The van der Waals surface area contributed by atoms with Crippen molar-refractivity contribution in [2.45, 2.75) is 38.3 Å². The fourth-order valence-electron chi connectivity index (χ4n) is 1.96. The Morgan fingerprint density at radius 3 is 2.88 bits per heavy atom. The summed E-state index contributed by atoms with van der Waals surface area (Å²) in [6.45, 7) is 3.78. The zero-order valence-corrected chi connectivity index (χ0v) is 10.7. The van der Waals surface area contributed by atoms with E-state index in [0.717, 1.165) is 18.5 Å². The zero-order chi connectivity index (χ0) is 12.7. The lowest BCUT2D eigenvalue weighted by Gasteiger charge is -2.26. The quantitative estimate of drug-likeness (QED) is 0.697. The molecule has 0 bridgehead atoms. The van der Waals surface area contributed by atoms with Crippen molar-refractivity contribution in [2.24, 2.45) is 5.73 Å². The molecule has 3 N–H and O–H groups in total. The lowest BCUT2D eigenvalue weighted by molar-refractivity contribution is -0.0375. The molecule has 0 aliphatic rings. The first-order chi connectivity index (χ1) is 8.13. The summed E-state index contributed by atoms with van der Waals surface area (Å²) in [6.07, 6.45) is 5.76. The van der Waals surface area contributed by atoms with Crippen LogP contribution in [0.2, 0.25) is 0 Å². The van der Waals surface area contributed by atoms with Crippen LogP contribution in [0.5, 0.6) is 0 Å². The monoisotopic (exact) mass is 241 g/mol. The van der Waals surface area contributed by atoms with Gasteiger partial charge in [0.1, 0.15) is 0 Å². The van der Waals surface area contributed by atoms with Crippen LogP contribution in [-0.4, -0.2) is 40.7 Å². The third kappa shape index (κ3) is 4.46. The predicted molar refractivity (Wildman–Crippen MR) is 66.7 cm³/mol. The molecule has 17 heavy (non-hydrogen) atoms. The summed E-state index contributed by atoms with van der Waals surface area (Å²) in [5, 5.41) is 14.7. The van der Waals surface area contributed by atoms with E-state index in [-0.39, 0.29) is 0 Å². The highest BCUT2D eigenvalue weighted by atomic mass is 16.5. The highest BCUT2D eigenvalue weighted by Gasteiger charge is 2.27. The number of hydrogen-bond donors (Lipinski definition) is 2. The second kappa shape index (κ2) is 6.74. The highest BCUT2D eigenvalue weighted by molar-refractivity contribution is 5.08. The topological polar surface area (TPSA) is 73.3 Å². The highest BCUT2D eigenvalue weighted by Crippen LogP contribution is 2.19. The van der Waals surface area contributed by atoms with Gasteiger partial charge in [0.25, 0.3) is 0 Å². The van der Waals surface area contributed by atoms with Crippen molar-refractivity contribution in [1.29, 1.82) is 0 Å². The van der Waals surface area contributed by atoms with E-state index in [1.165, 1.54) is 0 Å². The van der Waals surface area contributed by atoms with Gasteiger partial charge in [-0.1, -0.05) is 0 Å². The molecule has 0 fully saturated rings. The number of hydrogen-bond acceptors (Lipinski definition) is 4. The van der Waals surface area contributed by atoms with Crippen LogP contribution in [0.1, 0.15) is 25.3 Å². The van der Waals surface area contributed by atoms with E-state index in [0.29, 0.717) is 26.0 Å². The lowest BCUT2D eigenvalue weighted by atomic mass is 9.92. The van der Waals surface area contributed by atoms with Gasteiger partial charge in [-0.25, -0.2) is 0 Å². The van der Waals surface area contributed by atoms with Crippen molar-refractivity contribution in [2.75, 3.05) is 20.3 Å². The summed E-state index contributed by atoms with van der Waals surface area (Å²) in [7, 11) is 1.60. The summed E-state index contributed by atoms with van der Waals surface area (Å²) in [6, 6.07) is 0. The van der Waals surface area contributed by atoms with Crippen molar-refractivity contribution in [3.63, 3.8) is 0 Å². The number of ether oxygens (including phenoxy) is 1. The molecule has 0 radical (unpaired) electrons. The Morgan fingerprint density at radius 2 is 2.35 bits per heavy atom. The largest absolute Gasteiger partial charge is 0.387 e. The number of aliphatic hydroxyl groups is 1. The van der Waals surface area contributed by atoms with Crippen molar-refractivity contribution in [3.05, 3.63) is 18.0 Å². The predicted octanol–water partition coefficient (Wildman–Crippen LogP) is 0.562. The Kier molecular flexibility index (Phi) is 5.61. The number of nitrogens with two attached hydrogens (primary N) is 1. The third-order valence-corrected chi connectivity index (χ3v) is 2.80. The zero-order valence-electron chi connectivity index (χ0n) is 10.7. The Hall–Kier alpha value is -0.910. The molecule has 0 saturated carbocycles. The second-order valence-corrected chi connectivity index (χ2v) is 4.43. The van der Waals surface area contributed by atoms with E-state index in [2.05, 4.69) is 5.10 Å². The summed E-state index contributed by atoms with van der Waals surface area (Å²) in [5.74, 6) is 0. The van der Waals surface area contributed by atoms with Crippen LogP contribution in [0.4, 0.5) is 0 Å². The molecule has 0 aromatic carbocycles. The van der Waals surface area contributed by atoms with Gasteiger partial charge in [0.2, 0.25) is 0 Å². The number of aromatic nitrogens is 2. The van der Waals surface area contributed by atoms with Gasteiger partial charge in [-0.2, -0.15) is 5.10 Å². The SMILES string of the molecule is CCn1cc(CC(O)(CCCN)COC)cn1. The van der Waals surface area contributed by atoms with E-state index < -0.39 is 5.60 Å². The van der Waals surface area contributed by atoms with Crippen molar-refractivity contribution >= 4 is 0 Å². The molecule has 5 nitrogen and oxygen atoms in total. The maximum absolute atomic E-state index is 10.5. The Bertz CT molecular complexity index is 327. The molecule has 1 rings (SSSR count). The van der Waals surface area contributed by atoms with Crippen LogP contribution >= 0.6 is 0 Å². The van der Waals surface area contributed by atoms with Crippen LogP contribution in [0.25, 0.3) is 0 Å². The molecule has 0 aliphatic heterocycles. The number of rotatable bonds is 8. The average molecular weight is 241 g/mol. The van der Waals surface area contributed by atoms with Crippen LogP contribution < -0.4 is 5.73 Å². The summed E-state index contributed by atoms with van der Waals surface area (Å²) in [4.78, 5) is 0. The fraction of sp³-hybridized carbons (Fsp3) is 0.750. The van der Waals surface area contributed by atoms with Gasteiger partial charge in [0.05, 0.1) is 18.4 Å². The molecule has 0 saturated heterocycles. The molecule has 0 aliphatic carbocycles. The minimum Gasteiger partial charge on any atom is -0.387 e. The van der Waals surface area contributed by atoms with Gasteiger partial charge in [-0.15, -0.1) is 0 Å². The van der Waals surface area contributed by atoms with Crippen LogP contribution in [0, 0.1) is 0 Å². The molecule has 5 heteroatoms. The van der Waals surface area contributed by atoms with Crippen molar-refractivity contribution in [3.8, 4) is 0 Å². The van der Waals surface area contributed by atoms with E-state index in [9.17, 15) is 5.11 Å². The number of aryl methyl sites for hydroxylation is 1. The molecule has 1 atom stereocenters. The van der Waals surface area contributed by atoms with Crippen LogP contribution in [-0.2, 0) is 17.7 Å². The minimum atomic E-state index is -0.838. The van der Waals surface area contributed by atoms with Crippen LogP contribution in [0.3, 0.4) is 0 Å². The van der Waals surface area contributed by atoms with Crippen LogP contribution in [0.15, 0.2) is 12.4 Å². The molecule has 1 aromatic rings. The number of methoxy groups -OCH3 is 1. The minimum absolute atomic E-state index is 0.324. The first-order valence-corrected chi connectivity index (χ1v) is 6.06. The van der Waals surface area contributed by atoms with Gasteiger partial charge in [-0.3, -0.25) is 4.68 Å². The maximum atomic E-state index is 10.5. The smallest absolute Gasteiger partial charge is 0.0921 e. The van der Waals surface area contributed by atoms with Gasteiger partial charge in [0, 0.05) is 26.3 Å². The molecule has 1 heterocycles. The average Bonchev–Trinajstić information content (AvgIpc) is 2.74. The summed E-state index contributed by atoms with van der Waals surface area (Å²) < 4.78 is 6.94. The van der Waals surface area contributed by atoms with E-state index >= 15 is 0 Å². The molecular formula is C12H23N3O2. The van der Waals surface area contributed by atoms with Crippen molar-refractivity contribution < 1.29 is 9.84 Å². The summed E-state index contributed by atoms with van der Waals surface area (Å²) >= 11 is 0. The lowest BCUT2D eigenvalue weighted by Crippen LogP contribution is -2.37. The first kappa shape index (κ1) is 14.2. The normalized spacial score (nSPS) is 14.8. The molecule has 0 amide bonds. The van der Waals surface area contributed by atoms with E-state index in [1.807, 2.05) is 17.8 Å². The molecular weight excluding hydrogens is 218 g/mol. The molecule has 1 unspecified atom stereocenters. The maximum Gasteiger partial charge on any atom is 0.0921 e. The van der Waals surface area contributed by atoms with E-state index in [1.54, 1.807) is 13.3 Å². The van der Waals surface area contributed by atoms with Gasteiger partial charge < -0.3 is 15.6 Å². The van der Waals surface area contributed by atoms with Gasteiger partial charge in [-0.05, 0) is 31.9 Å². The third-order valence-electron chi connectivity index (χ3n) is 2.80. The standard InChI is InChI=1S/C12H23N3O2/c1-3-15-9-11(8-14-15)7-12(16,10-17-2)5-4-6-13/h8-9,16H,3-7,10,13H2,1-2H3. The van der Waals surface area contributed by atoms with Crippen molar-refractivity contribution in [1.82, 2.24) is 9.78 Å². The fourth-order valence-corrected chi connectivity index (χ4v) is 1.96. The Labute approximate surface area is 103 Å². The second-order valence-electron chi connectivity index (χ2n) is 4.43. The van der Waals surface area contributed by atoms with E-state index in [4.69, 9.17) is 10.5 Å². The van der Waals surface area contributed by atoms with Gasteiger partial charge in [0.15, 0.2) is 0 Å². The molecule has 98 valence electrons. The van der Waals surface area contributed by atoms with Gasteiger partial charge >= 0.3 is 0 Å². The molecule has 0 spiro atoms. The molecule has 1 aromatic heterocycles. The Morgan fingerprint density at radius 1 is 1.59 bits per heavy atom. The summed E-state index contributed by atoms with van der Waals surface area (Å²) in [5.41, 5.74) is 5.68.